The van der Waals surface area contributed by atoms with Crippen LogP contribution in [0.5, 0.6) is 0 Å². The van der Waals surface area contributed by atoms with Crippen molar-refractivity contribution in [3.05, 3.63) is 53.2 Å². The van der Waals surface area contributed by atoms with Gasteiger partial charge in [0.15, 0.2) is 5.82 Å². The molecule has 0 radical (unpaired) electrons. The SMILES string of the molecule is Cc1ccc(N2CCN(NC(=O)Cc3ccc(C(C)C)cc3)CC2)nn1. The fourth-order valence-corrected chi connectivity index (χ4v) is 3.03. The zero-order valence-electron chi connectivity index (χ0n) is 15.8. The van der Waals surface area contributed by atoms with Crippen LogP contribution in [-0.2, 0) is 11.2 Å². The first-order chi connectivity index (χ1) is 12.5. The average Bonchev–Trinajstić information content (AvgIpc) is 2.63. The molecule has 0 bridgehead atoms. The standard InChI is InChI=1S/C20H27N5O/c1-15(2)18-7-5-17(6-8-18)14-20(26)23-25-12-10-24(11-13-25)19-9-4-16(3)21-22-19/h4-9,15H,10-14H2,1-3H3,(H,23,26). The topological polar surface area (TPSA) is 61.4 Å². The highest BCUT2D eigenvalue weighted by Gasteiger charge is 2.19. The molecule has 1 fully saturated rings. The predicted octanol–water partition coefficient (Wildman–Crippen LogP) is 2.30. The van der Waals surface area contributed by atoms with E-state index in [0.717, 1.165) is 43.3 Å². The quantitative estimate of drug-likeness (QED) is 0.894. The molecule has 2 aromatic rings. The molecule has 1 aromatic heterocycles. The van der Waals surface area contributed by atoms with Gasteiger partial charge in [-0.15, -0.1) is 5.10 Å². The first-order valence-corrected chi connectivity index (χ1v) is 9.20. The highest BCUT2D eigenvalue weighted by molar-refractivity contribution is 5.78. The molecule has 0 spiro atoms. The number of rotatable bonds is 5. The van der Waals surface area contributed by atoms with E-state index in [2.05, 4.69) is 46.5 Å². The minimum Gasteiger partial charge on any atom is -0.352 e. The fourth-order valence-electron chi connectivity index (χ4n) is 3.03. The second-order valence-corrected chi connectivity index (χ2v) is 7.12. The van der Waals surface area contributed by atoms with Crippen LogP contribution in [0.1, 0.15) is 36.6 Å². The van der Waals surface area contributed by atoms with E-state index in [1.54, 1.807) is 0 Å². The van der Waals surface area contributed by atoms with Crippen molar-refractivity contribution in [3.8, 4) is 0 Å². The third-order valence-electron chi connectivity index (χ3n) is 4.68. The summed E-state index contributed by atoms with van der Waals surface area (Å²) in [5.41, 5.74) is 6.27. The summed E-state index contributed by atoms with van der Waals surface area (Å²) in [5.74, 6) is 1.44. The van der Waals surface area contributed by atoms with Gasteiger partial charge < -0.3 is 4.90 Å². The summed E-state index contributed by atoms with van der Waals surface area (Å²) in [6.07, 6.45) is 0.405. The van der Waals surface area contributed by atoms with E-state index in [1.165, 1.54) is 5.56 Å². The number of anilines is 1. The fraction of sp³-hybridized carbons (Fsp3) is 0.450. The Morgan fingerprint density at radius 3 is 2.31 bits per heavy atom. The molecule has 1 aliphatic heterocycles. The molecule has 3 rings (SSSR count). The lowest BCUT2D eigenvalue weighted by molar-refractivity contribution is -0.125. The van der Waals surface area contributed by atoms with Crippen LogP contribution in [0.2, 0.25) is 0 Å². The summed E-state index contributed by atoms with van der Waals surface area (Å²) >= 11 is 0. The lowest BCUT2D eigenvalue weighted by atomic mass is 10.0. The Morgan fingerprint density at radius 1 is 1.04 bits per heavy atom. The highest BCUT2D eigenvalue weighted by atomic mass is 16.2. The van der Waals surface area contributed by atoms with Gasteiger partial charge in [-0.3, -0.25) is 10.2 Å². The van der Waals surface area contributed by atoms with Gasteiger partial charge in [-0.25, -0.2) is 5.01 Å². The molecular weight excluding hydrogens is 326 g/mol. The number of hydrogen-bond donors (Lipinski definition) is 1. The molecule has 0 saturated carbocycles. The number of hydrazine groups is 1. The van der Waals surface area contributed by atoms with Crippen molar-refractivity contribution in [2.75, 3.05) is 31.1 Å². The summed E-state index contributed by atoms with van der Waals surface area (Å²) in [7, 11) is 0. The van der Waals surface area contributed by atoms with E-state index in [0.29, 0.717) is 12.3 Å². The van der Waals surface area contributed by atoms with E-state index in [1.807, 2.05) is 36.2 Å². The largest absolute Gasteiger partial charge is 0.352 e. The monoisotopic (exact) mass is 353 g/mol. The van der Waals surface area contributed by atoms with Crippen LogP contribution in [0.4, 0.5) is 5.82 Å². The van der Waals surface area contributed by atoms with Crippen molar-refractivity contribution in [1.29, 1.82) is 0 Å². The minimum absolute atomic E-state index is 0.0332. The lowest BCUT2D eigenvalue weighted by Crippen LogP contribution is -2.54. The van der Waals surface area contributed by atoms with Gasteiger partial charge in [0.05, 0.1) is 12.1 Å². The number of carbonyl (C=O) groups is 1. The molecule has 6 nitrogen and oxygen atoms in total. The molecule has 0 atom stereocenters. The number of aryl methyl sites for hydroxylation is 1. The Labute approximate surface area is 155 Å². The molecule has 2 heterocycles. The summed E-state index contributed by atoms with van der Waals surface area (Å²) in [4.78, 5) is 14.5. The number of nitrogens with zero attached hydrogens (tertiary/aromatic N) is 4. The summed E-state index contributed by atoms with van der Waals surface area (Å²) in [6, 6.07) is 12.3. The number of nitrogens with one attached hydrogen (secondary N) is 1. The van der Waals surface area contributed by atoms with Crippen molar-refractivity contribution in [1.82, 2.24) is 20.6 Å². The Bertz CT molecular complexity index is 719. The second-order valence-electron chi connectivity index (χ2n) is 7.12. The van der Waals surface area contributed by atoms with Crippen molar-refractivity contribution in [2.24, 2.45) is 0 Å². The zero-order valence-corrected chi connectivity index (χ0v) is 15.8. The van der Waals surface area contributed by atoms with Gasteiger partial charge in [-0.2, -0.15) is 5.10 Å². The van der Waals surface area contributed by atoms with Gasteiger partial charge in [-0.1, -0.05) is 38.1 Å². The van der Waals surface area contributed by atoms with E-state index in [4.69, 9.17) is 0 Å². The number of carbonyl (C=O) groups excluding carboxylic acids is 1. The molecule has 1 N–H and O–H groups in total. The summed E-state index contributed by atoms with van der Waals surface area (Å²) in [6.45, 7) is 9.46. The Kier molecular flexibility index (Phi) is 5.83. The molecule has 1 aromatic carbocycles. The molecule has 1 saturated heterocycles. The van der Waals surface area contributed by atoms with Crippen LogP contribution in [0.25, 0.3) is 0 Å². The maximum Gasteiger partial charge on any atom is 0.238 e. The van der Waals surface area contributed by atoms with Gasteiger partial charge in [0, 0.05) is 26.2 Å². The van der Waals surface area contributed by atoms with Crippen LogP contribution in [0.3, 0.4) is 0 Å². The van der Waals surface area contributed by atoms with Crippen LogP contribution < -0.4 is 10.3 Å². The average molecular weight is 353 g/mol. The van der Waals surface area contributed by atoms with E-state index in [-0.39, 0.29) is 5.91 Å². The van der Waals surface area contributed by atoms with E-state index < -0.39 is 0 Å². The van der Waals surface area contributed by atoms with Crippen LogP contribution in [0.15, 0.2) is 36.4 Å². The zero-order chi connectivity index (χ0) is 18.5. The Morgan fingerprint density at radius 2 is 1.73 bits per heavy atom. The molecule has 6 heteroatoms. The molecule has 0 unspecified atom stereocenters. The number of amides is 1. The smallest absolute Gasteiger partial charge is 0.238 e. The normalized spacial score (nSPS) is 15.3. The van der Waals surface area contributed by atoms with Gasteiger partial charge in [0.2, 0.25) is 5.91 Å². The number of aromatic nitrogens is 2. The van der Waals surface area contributed by atoms with Gasteiger partial charge >= 0.3 is 0 Å². The predicted molar refractivity (Wildman–Crippen MR) is 103 cm³/mol. The molecule has 1 amide bonds. The maximum absolute atomic E-state index is 12.3. The highest BCUT2D eigenvalue weighted by Crippen LogP contribution is 2.15. The van der Waals surface area contributed by atoms with Gasteiger partial charge in [0.1, 0.15) is 0 Å². The molecule has 26 heavy (non-hydrogen) atoms. The number of hydrogen-bond acceptors (Lipinski definition) is 5. The third-order valence-corrected chi connectivity index (χ3v) is 4.68. The molecule has 0 aliphatic carbocycles. The molecular formula is C20H27N5O. The summed E-state index contributed by atoms with van der Waals surface area (Å²) < 4.78 is 0. The maximum atomic E-state index is 12.3. The summed E-state index contributed by atoms with van der Waals surface area (Å²) in [5, 5.41) is 10.3. The first kappa shape index (κ1) is 18.3. The Balaban J connectivity index is 1.46. The van der Waals surface area contributed by atoms with Crippen LogP contribution in [0, 0.1) is 6.92 Å². The molecule has 138 valence electrons. The van der Waals surface area contributed by atoms with E-state index in [9.17, 15) is 4.79 Å². The minimum atomic E-state index is 0.0332. The van der Waals surface area contributed by atoms with Gasteiger partial charge in [-0.05, 0) is 36.1 Å². The van der Waals surface area contributed by atoms with Crippen molar-refractivity contribution < 1.29 is 4.79 Å². The number of piperazine rings is 1. The molecule has 1 aliphatic rings. The third kappa shape index (κ3) is 4.79. The van der Waals surface area contributed by atoms with Crippen LogP contribution in [-0.4, -0.2) is 47.3 Å². The van der Waals surface area contributed by atoms with Gasteiger partial charge in [0.25, 0.3) is 0 Å². The van der Waals surface area contributed by atoms with Crippen molar-refractivity contribution in [3.63, 3.8) is 0 Å². The van der Waals surface area contributed by atoms with Crippen molar-refractivity contribution >= 4 is 11.7 Å². The van der Waals surface area contributed by atoms with Crippen LogP contribution >= 0.6 is 0 Å². The van der Waals surface area contributed by atoms with Crippen molar-refractivity contribution in [2.45, 2.75) is 33.1 Å². The lowest BCUT2D eigenvalue weighted by Gasteiger charge is -2.35. The number of benzene rings is 1. The van der Waals surface area contributed by atoms with E-state index >= 15 is 0 Å². The second kappa shape index (κ2) is 8.27. The first-order valence-electron chi connectivity index (χ1n) is 9.20. The Hall–Kier alpha value is -2.47.